The fourth-order valence-corrected chi connectivity index (χ4v) is 5.11. The third-order valence-electron chi connectivity index (χ3n) is 7.36. The van der Waals surface area contributed by atoms with Crippen LogP contribution in [-0.2, 0) is 0 Å². The zero-order chi connectivity index (χ0) is 22.6. The van der Waals surface area contributed by atoms with E-state index in [0.717, 1.165) is 0 Å². The molecule has 0 N–H and O–H groups in total. The molecular weight excluding hydrogens is 384 g/mol. The van der Waals surface area contributed by atoms with Crippen LogP contribution in [0.25, 0.3) is 43.8 Å². The average molecular weight is 415 g/mol. The van der Waals surface area contributed by atoms with E-state index in [1.54, 1.807) is 0 Å². The second kappa shape index (κ2) is 7.64. The summed E-state index contributed by atoms with van der Waals surface area (Å²) >= 11 is 0. The third kappa shape index (κ3) is 3.14. The minimum atomic E-state index is 1.31. The van der Waals surface area contributed by atoms with Crippen molar-refractivity contribution >= 4 is 21.5 Å². The molecule has 5 rings (SSSR count). The molecule has 0 nitrogen and oxygen atoms in total. The molecule has 0 bridgehead atoms. The summed E-state index contributed by atoms with van der Waals surface area (Å²) in [5.41, 5.74) is 13.4. The van der Waals surface area contributed by atoms with Gasteiger partial charge in [-0.1, -0.05) is 72.8 Å². The Morgan fingerprint density at radius 2 is 0.625 bits per heavy atom. The van der Waals surface area contributed by atoms with Gasteiger partial charge in [-0.2, -0.15) is 0 Å². The molecule has 0 aliphatic rings. The predicted molar refractivity (Wildman–Crippen MR) is 141 cm³/mol. The van der Waals surface area contributed by atoms with Gasteiger partial charge in [0.05, 0.1) is 0 Å². The second-order valence-corrected chi connectivity index (χ2v) is 9.31. The normalized spacial score (nSPS) is 11.4. The van der Waals surface area contributed by atoms with Gasteiger partial charge in [-0.15, -0.1) is 0 Å². The van der Waals surface area contributed by atoms with E-state index in [4.69, 9.17) is 0 Å². The quantitative estimate of drug-likeness (QED) is 0.253. The molecule has 0 aliphatic heterocycles. The van der Waals surface area contributed by atoms with Crippen LogP contribution in [-0.4, -0.2) is 0 Å². The lowest BCUT2D eigenvalue weighted by Crippen LogP contribution is -1.94. The van der Waals surface area contributed by atoms with Crippen LogP contribution >= 0.6 is 0 Å². The van der Waals surface area contributed by atoms with E-state index in [9.17, 15) is 0 Å². The monoisotopic (exact) mass is 414 g/mol. The fourth-order valence-electron chi connectivity index (χ4n) is 5.11. The number of benzene rings is 5. The lowest BCUT2D eigenvalue weighted by molar-refractivity contribution is 1.27. The number of rotatable bonds is 2. The van der Waals surface area contributed by atoms with Gasteiger partial charge in [0.2, 0.25) is 0 Å². The summed E-state index contributed by atoms with van der Waals surface area (Å²) in [6, 6.07) is 27.3. The standard InChI is InChI=1S/C32H30/c1-19-15-25(16-20(2)23(19)5)31-27-11-7-9-13-29(27)32(30-14-10-8-12-28(30)31)26-17-21(3)24(6)22(4)18-26/h7-18H,1-6H3. The van der Waals surface area contributed by atoms with Crippen molar-refractivity contribution in [2.45, 2.75) is 41.5 Å². The Kier molecular flexibility index (Phi) is 4.90. The first-order valence-corrected chi connectivity index (χ1v) is 11.5. The van der Waals surface area contributed by atoms with Crippen LogP contribution in [0.4, 0.5) is 0 Å². The molecule has 0 heteroatoms. The van der Waals surface area contributed by atoms with E-state index in [1.807, 2.05) is 0 Å². The molecule has 0 saturated heterocycles. The Morgan fingerprint density at radius 1 is 0.375 bits per heavy atom. The highest BCUT2D eigenvalue weighted by Gasteiger charge is 2.17. The van der Waals surface area contributed by atoms with E-state index in [2.05, 4.69) is 114 Å². The van der Waals surface area contributed by atoms with Gasteiger partial charge >= 0.3 is 0 Å². The van der Waals surface area contributed by atoms with Gasteiger partial charge < -0.3 is 0 Å². The SMILES string of the molecule is Cc1cc(-c2c3ccccc3c(-c3cc(C)c(C)c(C)c3)c3ccccc23)cc(C)c1C. The summed E-state index contributed by atoms with van der Waals surface area (Å²) in [5, 5.41) is 5.28. The van der Waals surface area contributed by atoms with Crippen molar-refractivity contribution < 1.29 is 0 Å². The van der Waals surface area contributed by atoms with Crippen molar-refractivity contribution in [2.75, 3.05) is 0 Å². The molecule has 0 radical (unpaired) electrons. The van der Waals surface area contributed by atoms with Gasteiger partial charge in [0.25, 0.3) is 0 Å². The fraction of sp³-hybridized carbons (Fsp3) is 0.188. The van der Waals surface area contributed by atoms with Gasteiger partial charge in [-0.25, -0.2) is 0 Å². The molecule has 0 aliphatic carbocycles. The van der Waals surface area contributed by atoms with Crippen molar-refractivity contribution in [3.63, 3.8) is 0 Å². The summed E-state index contributed by atoms with van der Waals surface area (Å²) in [6.07, 6.45) is 0. The van der Waals surface area contributed by atoms with Gasteiger partial charge in [-0.05, 0) is 119 Å². The predicted octanol–water partition coefficient (Wildman–Crippen LogP) is 9.18. The van der Waals surface area contributed by atoms with Crippen LogP contribution in [0.2, 0.25) is 0 Å². The third-order valence-corrected chi connectivity index (χ3v) is 7.36. The Hall–Kier alpha value is -3.38. The molecule has 0 heterocycles. The first-order chi connectivity index (χ1) is 15.4. The molecule has 0 unspecified atom stereocenters. The summed E-state index contributed by atoms with van der Waals surface area (Å²) in [7, 11) is 0. The molecule has 0 aromatic heterocycles. The highest BCUT2D eigenvalue weighted by Crippen LogP contribution is 2.44. The topological polar surface area (TPSA) is 0 Å². The van der Waals surface area contributed by atoms with E-state index in [0.29, 0.717) is 0 Å². The maximum absolute atomic E-state index is 2.36. The van der Waals surface area contributed by atoms with Gasteiger partial charge in [0.15, 0.2) is 0 Å². The molecule has 158 valence electrons. The summed E-state index contributed by atoms with van der Waals surface area (Å²) in [4.78, 5) is 0. The van der Waals surface area contributed by atoms with Crippen molar-refractivity contribution in [2.24, 2.45) is 0 Å². The number of hydrogen-bond donors (Lipinski definition) is 0. The molecule has 0 spiro atoms. The smallest absolute Gasteiger partial charge is 0.00262 e. The van der Waals surface area contributed by atoms with Crippen LogP contribution in [0, 0.1) is 41.5 Å². The van der Waals surface area contributed by atoms with Crippen molar-refractivity contribution in [1.82, 2.24) is 0 Å². The first-order valence-electron chi connectivity index (χ1n) is 11.5. The van der Waals surface area contributed by atoms with E-state index in [1.165, 1.54) is 77.2 Å². The Morgan fingerprint density at radius 3 is 0.875 bits per heavy atom. The Labute approximate surface area is 191 Å². The number of hydrogen-bond acceptors (Lipinski definition) is 0. The van der Waals surface area contributed by atoms with Crippen molar-refractivity contribution in [3.8, 4) is 22.3 Å². The average Bonchev–Trinajstić information content (AvgIpc) is 2.78. The maximum atomic E-state index is 2.36. The zero-order valence-corrected chi connectivity index (χ0v) is 19.9. The summed E-state index contributed by atoms with van der Waals surface area (Å²) < 4.78 is 0. The largest absolute Gasteiger partial charge is 0.0616 e. The molecule has 0 atom stereocenters. The second-order valence-electron chi connectivity index (χ2n) is 9.31. The van der Waals surface area contributed by atoms with Crippen LogP contribution < -0.4 is 0 Å². The van der Waals surface area contributed by atoms with Gasteiger partial charge in [0, 0.05) is 0 Å². The van der Waals surface area contributed by atoms with Gasteiger partial charge in [-0.3, -0.25) is 0 Å². The molecule has 32 heavy (non-hydrogen) atoms. The molecule has 0 fully saturated rings. The van der Waals surface area contributed by atoms with Crippen LogP contribution in [0.1, 0.15) is 33.4 Å². The lowest BCUT2D eigenvalue weighted by Gasteiger charge is -2.20. The minimum Gasteiger partial charge on any atom is -0.0616 e. The Bertz CT molecular complexity index is 1300. The van der Waals surface area contributed by atoms with Crippen molar-refractivity contribution in [1.29, 1.82) is 0 Å². The van der Waals surface area contributed by atoms with E-state index >= 15 is 0 Å². The van der Waals surface area contributed by atoms with Gasteiger partial charge in [0.1, 0.15) is 0 Å². The molecule has 5 aromatic carbocycles. The molecule has 5 aromatic rings. The van der Waals surface area contributed by atoms with Crippen LogP contribution in [0.5, 0.6) is 0 Å². The summed E-state index contributed by atoms with van der Waals surface area (Å²) in [5.74, 6) is 0. The molecule has 0 saturated carbocycles. The van der Waals surface area contributed by atoms with E-state index < -0.39 is 0 Å². The van der Waals surface area contributed by atoms with E-state index in [-0.39, 0.29) is 0 Å². The highest BCUT2D eigenvalue weighted by molar-refractivity contribution is 6.21. The first kappa shape index (κ1) is 20.5. The summed E-state index contributed by atoms with van der Waals surface area (Å²) in [6.45, 7) is 13.3. The van der Waals surface area contributed by atoms with Crippen molar-refractivity contribution in [3.05, 3.63) is 106 Å². The molecular formula is C32H30. The Balaban J connectivity index is 1.97. The number of aryl methyl sites for hydroxylation is 4. The van der Waals surface area contributed by atoms with Crippen LogP contribution in [0.3, 0.4) is 0 Å². The molecule has 0 amide bonds. The highest BCUT2D eigenvalue weighted by atomic mass is 14.2. The lowest BCUT2D eigenvalue weighted by atomic mass is 9.84. The maximum Gasteiger partial charge on any atom is -0.00262 e. The van der Waals surface area contributed by atoms with Crippen LogP contribution in [0.15, 0.2) is 72.8 Å². The zero-order valence-electron chi connectivity index (χ0n) is 19.9. The minimum absolute atomic E-state index is 1.31. The number of fused-ring (bicyclic) bond motifs is 2.